The van der Waals surface area contributed by atoms with Gasteiger partial charge in [-0.15, -0.1) is 0 Å². The molecule has 0 fully saturated rings. The van der Waals surface area contributed by atoms with Crippen LogP contribution in [-0.2, 0) is 9.59 Å². The van der Waals surface area contributed by atoms with Gasteiger partial charge in [0.2, 0.25) is 5.78 Å². The predicted molar refractivity (Wildman–Crippen MR) is 54.0 cm³/mol. The number of carbonyl (C=O) groups excluding carboxylic acids is 1. The van der Waals surface area contributed by atoms with Gasteiger partial charge in [0, 0.05) is 0 Å². The number of alkyl halides is 3. The number of hydrogen-bond acceptors (Lipinski definition) is 5. The summed E-state index contributed by atoms with van der Waals surface area (Å²) in [6.45, 7) is 0. The Morgan fingerprint density at radius 1 is 1.41 bits per heavy atom. The number of nitrogens with zero attached hydrogens (tertiary/aromatic N) is 1. The van der Waals surface area contributed by atoms with Crippen molar-refractivity contribution in [1.29, 1.82) is 10.7 Å². The van der Waals surface area contributed by atoms with Crippen LogP contribution in [0, 0.1) is 16.1 Å². The Kier molecular flexibility index (Phi) is 12.7. The van der Waals surface area contributed by atoms with Gasteiger partial charge in [0.05, 0.1) is 0 Å². The van der Waals surface area contributed by atoms with Gasteiger partial charge in [0.1, 0.15) is 11.8 Å². The lowest BCUT2D eigenvalue weighted by molar-refractivity contribution is -0.173. The highest BCUT2D eigenvalue weighted by atomic mass is 32.1. The lowest BCUT2D eigenvalue weighted by Crippen LogP contribution is -2.24. The van der Waals surface area contributed by atoms with E-state index >= 15 is 0 Å². The first kappa shape index (κ1) is 20.5. The molecule has 0 aromatic rings. The van der Waals surface area contributed by atoms with Crippen LogP contribution >= 0.6 is 12.6 Å². The SMILES string of the molecule is N#CS.N=C(N)N.O=C(O)CC(=O)C(F)(F)F. The van der Waals surface area contributed by atoms with Crippen LogP contribution in [0.4, 0.5) is 13.2 Å². The molecule has 0 saturated heterocycles. The minimum Gasteiger partial charge on any atom is -0.481 e. The van der Waals surface area contributed by atoms with Gasteiger partial charge in [-0.25, -0.2) is 0 Å². The van der Waals surface area contributed by atoms with Crippen LogP contribution in [0.1, 0.15) is 6.42 Å². The first-order valence-corrected chi connectivity index (χ1v) is 3.88. The third-order valence-corrected chi connectivity index (χ3v) is 0.628. The molecule has 0 amide bonds. The molecule has 0 aromatic heterocycles. The molecule has 6 N–H and O–H groups in total. The zero-order valence-electron chi connectivity index (χ0n) is 8.15. The van der Waals surface area contributed by atoms with E-state index < -0.39 is 24.3 Å². The van der Waals surface area contributed by atoms with Gasteiger partial charge in [-0.3, -0.25) is 15.0 Å². The number of rotatable bonds is 2. The number of thiol groups is 1. The standard InChI is InChI=1S/C4H3F3O3.CH5N3.CHNS/c5-4(6,7)2(8)1-3(9)10;2-1(3)4;2-1-3/h1H2,(H,9,10);(H5,2,3,4);3H. The van der Waals surface area contributed by atoms with E-state index in [0.29, 0.717) is 0 Å². The molecule has 0 unspecified atom stereocenters. The molecule has 0 aromatic carbocycles. The fourth-order valence-electron chi connectivity index (χ4n) is 0.238. The lowest BCUT2D eigenvalue weighted by atomic mass is 10.3. The zero-order valence-corrected chi connectivity index (χ0v) is 9.05. The highest BCUT2D eigenvalue weighted by Crippen LogP contribution is 2.17. The number of nitrogens with two attached hydrogens (primary N) is 2. The van der Waals surface area contributed by atoms with E-state index in [1.807, 2.05) is 0 Å². The summed E-state index contributed by atoms with van der Waals surface area (Å²) in [5.41, 5.74) is 8.94. The number of thiocyanates is 1. The zero-order chi connectivity index (χ0) is 14.6. The van der Waals surface area contributed by atoms with E-state index in [2.05, 4.69) is 24.1 Å². The number of aliphatic carboxylic acids is 1. The van der Waals surface area contributed by atoms with Crippen molar-refractivity contribution in [2.75, 3.05) is 0 Å². The normalized spacial score (nSPS) is 8.41. The minimum absolute atomic E-state index is 0.333. The third-order valence-electron chi connectivity index (χ3n) is 0.628. The lowest BCUT2D eigenvalue weighted by Gasteiger charge is -2.00. The van der Waals surface area contributed by atoms with Gasteiger partial charge in [-0.2, -0.15) is 18.4 Å². The maximum atomic E-state index is 11.2. The largest absolute Gasteiger partial charge is 0.481 e. The maximum Gasteiger partial charge on any atom is 0.450 e. The van der Waals surface area contributed by atoms with Gasteiger partial charge in [0.25, 0.3) is 0 Å². The molecule has 0 spiro atoms. The Hall–Kier alpha value is -1.96. The van der Waals surface area contributed by atoms with E-state index in [4.69, 9.17) is 15.8 Å². The van der Waals surface area contributed by atoms with Gasteiger partial charge in [-0.1, -0.05) is 12.6 Å². The second kappa shape index (κ2) is 10.6. The number of halogens is 3. The molecule has 0 atom stereocenters. The van der Waals surface area contributed by atoms with Crippen LogP contribution in [0.25, 0.3) is 0 Å². The number of carboxylic acid groups (broad SMARTS) is 1. The van der Waals surface area contributed by atoms with Crippen molar-refractivity contribution >= 4 is 30.3 Å². The average Bonchev–Trinajstić information content (AvgIpc) is 2.00. The Bertz CT molecular complexity index is 309. The predicted octanol–water partition coefficient (Wildman–Crippen LogP) is -0.172. The molecule has 11 heteroatoms. The molecule has 7 nitrogen and oxygen atoms in total. The molecule has 0 aliphatic heterocycles. The molecule has 17 heavy (non-hydrogen) atoms. The van der Waals surface area contributed by atoms with Crippen molar-refractivity contribution in [3.05, 3.63) is 0 Å². The highest BCUT2D eigenvalue weighted by Gasteiger charge is 2.39. The van der Waals surface area contributed by atoms with Crippen molar-refractivity contribution in [1.82, 2.24) is 0 Å². The van der Waals surface area contributed by atoms with Crippen LogP contribution < -0.4 is 11.5 Å². The smallest absolute Gasteiger partial charge is 0.450 e. The molecule has 0 saturated carbocycles. The Morgan fingerprint density at radius 2 is 1.65 bits per heavy atom. The maximum absolute atomic E-state index is 11.2. The van der Waals surface area contributed by atoms with Crippen LogP contribution in [0.15, 0.2) is 0 Å². The van der Waals surface area contributed by atoms with Crippen molar-refractivity contribution in [2.45, 2.75) is 12.6 Å². The van der Waals surface area contributed by atoms with Crippen LogP contribution in [-0.4, -0.2) is 29.0 Å². The second-order valence-electron chi connectivity index (χ2n) is 2.05. The number of nitrogens with one attached hydrogen (secondary N) is 1. The van der Waals surface area contributed by atoms with Gasteiger partial charge < -0.3 is 16.6 Å². The summed E-state index contributed by atoms with van der Waals surface area (Å²) in [5.74, 6) is -4.35. The topological polar surface area (TPSA) is 154 Å². The van der Waals surface area contributed by atoms with E-state index in [0.717, 1.165) is 0 Å². The van der Waals surface area contributed by atoms with Crippen LogP contribution in [0.5, 0.6) is 0 Å². The van der Waals surface area contributed by atoms with Crippen molar-refractivity contribution in [2.24, 2.45) is 11.5 Å². The fraction of sp³-hybridized carbons (Fsp3) is 0.333. The summed E-state index contributed by atoms with van der Waals surface area (Å²) >= 11 is 3.09. The summed E-state index contributed by atoms with van der Waals surface area (Å²) < 4.78 is 33.6. The molecular formula is C6H9F3N4O3S. The summed E-state index contributed by atoms with van der Waals surface area (Å²) in [6, 6.07) is 0. The summed E-state index contributed by atoms with van der Waals surface area (Å²) in [4.78, 5) is 19.3. The number of guanidine groups is 1. The van der Waals surface area contributed by atoms with Gasteiger partial charge in [-0.05, 0) is 0 Å². The highest BCUT2D eigenvalue weighted by molar-refractivity contribution is 7.85. The van der Waals surface area contributed by atoms with Crippen LogP contribution in [0.3, 0.4) is 0 Å². The summed E-state index contributed by atoms with van der Waals surface area (Å²) in [5, 5.41) is 22.4. The van der Waals surface area contributed by atoms with E-state index in [9.17, 15) is 22.8 Å². The van der Waals surface area contributed by atoms with Crippen molar-refractivity contribution < 1.29 is 27.9 Å². The number of Topliss-reactive ketones (excluding diaryl/α,β-unsaturated/α-hetero) is 1. The number of carboxylic acids is 1. The molecule has 0 aliphatic carbocycles. The Balaban J connectivity index is -0.000000232. The Labute approximate surface area is 99.1 Å². The molecule has 0 heterocycles. The van der Waals surface area contributed by atoms with Gasteiger partial charge in [0.15, 0.2) is 5.96 Å². The average molecular weight is 274 g/mol. The minimum atomic E-state index is -5.03. The number of ketones is 1. The third kappa shape index (κ3) is 31.5. The van der Waals surface area contributed by atoms with Crippen LogP contribution in [0.2, 0.25) is 0 Å². The van der Waals surface area contributed by atoms with E-state index in [1.54, 1.807) is 0 Å². The number of nitriles is 1. The summed E-state index contributed by atoms with van der Waals surface area (Å²) in [7, 11) is 0. The Morgan fingerprint density at radius 3 is 1.71 bits per heavy atom. The number of carbonyl (C=O) groups is 2. The monoisotopic (exact) mass is 274 g/mol. The van der Waals surface area contributed by atoms with Crippen molar-refractivity contribution in [3.63, 3.8) is 0 Å². The molecule has 0 radical (unpaired) electrons. The van der Waals surface area contributed by atoms with Gasteiger partial charge >= 0.3 is 12.1 Å². The van der Waals surface area contributed by atoms with E-state index in [-0.39, 0.29) is 5.96 Å². The molecule has 0 bridgehead atoms. The second-order valence-corrected chi connectivity index (χ2v) is 2.25. The number of hydrogen-bond donors (Lipinski definition) is 5. The summed E-state index contributed by atoms with van der Waals surface area (Å²) in [6.07, 6.45) is -6.53. The first-order chi connectivity index (χ1) is 7.48. The molecular weight excluding hydrogens is 265 g/mol. The molecule has 98 valence electrons. The van der Waals surface area contributed by atoms with Crippen molar-refractivity contribution in [3.8, 4) is 5.40 Å². The quantitative estimate of drug-likeness (QED) is 0.155. The van der Waals surface area contributed by atoms with E-state index in [1.165, 1.54) is 5.40 Å². The first-order valence-electron chi connectivity index (χ1n) is 3.43. The molecule has 0 aliphatic rings. The molecule has 0 rings (SSSR count). The fourth-order valence-corrected chi connectivity index (χ4v) is 0.238.